The molecule has 11 heteroatoms. The van der Waals surface area contributed by atoms with Crippen molar-refractivity contribution in [2.24, 2.45) is 10.9 Å². The quantitative estimate of drug-likeness (QED) is 0.343. The van der Waals surface area contributed by atoms with E-state index in [1.807, 2.05) is 0 Å². The number of benzene rings is 2. The van der Waals surface area contributed by atoms with Gasteiger partial charge >= 0.3 is 0 Å². The van der Waals surface area contributed by atoms with E-state index in [-0.39, 0.29) is 23.8 Å². The molecule has 0 unspecified atom stereocenters. The van der Waals surface area contributed by atoms with Gasteiger partial charge in [0.1, 0.15) is 5.75 Å². The fourth-order valence-corrected chi connectivity index (χ4v) is 4.80. The lowest BCUT2D eigenvalue weighted by molar-refractivity contribution is -0.120. The Morgan fingerprint density at radius 2 is 1.94 bits per heavy atom. The maximum Gasteiger partial charge on any atom is 0.265 e. The van der Waals surface area contributed by atoms with Crippen molar-refractivity contribution in [1.82, 2.24) is 4.31 Å². The summed E-state index contributed by atoms with van der Waals surface area (Å²) in [6.45, 7) is 2.58. The predicted octanol–water partition coefficient (Wildman–Crippen LogP) is 1.30. The molecule has 0 radical (unpaired) electrons. The Morgan fingerprint density at radius 1 is 1.22 bits per heavy atom. The van der Waals surface area contributed by atoms with Crippen LogP contribution in [0.5, 0.6) is 5.75 Å². The molecule has 10 nitrogen and oxygen atoms in total. The van der Waals surface area contributed by atoms with Crippen LogP contribution in [0.15, 0.2) is 52.5 Å². The van der Waals surface area contributed by atoms with Gasteiger partial charge in [0.15, 0.2) is 12.4 Å². The molecule has 3 N–H and O–H groups in total. The minimum Gasteiger partial charge on any atom is -0.496 e. The second kappa shape index (κ2) is 10.4. The number of nitrogens with zero attached hydrogens (tertiary/aromatic N) is 2. The SMILES string of the molecule is COc1ccccc1/C(N)=N\OCC(=O)Nc1ccc(C)c(S(=O)(=O)N2CCOCC2)c1. The summed E-state index contributed by atoms with van der Waals surface area (Å²) < 4.78 is 37.8. The highest BCUT2D eigenvalue weighted by Gasteiger charge is 2.28. The molecule has 1 heterocycles. The zero-order valence-electron chi connectivity index (χ0n) is 17.9. The highest BCUT2D eigenvalue weighted by atomic mass is 32.2. The second-order valence-corrected chi connectivity index (χ2v) is 8.90. The standard InChI is InChI=1S/C21H26N4O6S/c1-15-7-8-16(13-19(15)32(27,28)25-9-11-30-12-10-25)23-20(26)14-31-24-21(22)17-5-3-4-6-18(17)29-2/h3-8,13H,9-12,14H2,1-2H3,(H2,22,24)(H,23,26). The number of ether oxygens (including phenoxy) is 2. The first-order valence-electron chi connectivity index (χ1n) is 9.90. The number of para-hydroxylation sites is 1. The number of sulfonamides is 1. The van der Waals surface area contributed by atoms with E-state index in [0.717, 1.165) is 0 Å². The average Bonchev–Trinajstić information content (AvgIpc) is 2.80. The van der Waals surface area contributed by atoms with Crippen LogP contribution in [-0.2, 0) is 24.4 Å². The molecule has 0 aromatic heterocycles. The summed E-state index contributed by atoms with van der Waals surface area (Å²) in [5, 5.41) is 6.37. The van der Waals surface area contributed by atoms with Crippen LogP contribution in [0.3, 0.4) is 0 Å². The van der Waals surface area contributed by atoms with Crippen molar-refractivity contribution in [3.8, 4) is 5.75 Å². The van der Waals surface area contributed by atoms with Crippen molar-refractivity contribution >= 4 is 27.5 Å². The number of aryl methyl sites for hydroxylation is 1. The van der Waals surface area contributed by atoms with Gasteiger partial charge in [-0.15, -0.1) is 0 Å². The van der Waals surface area contributed by atoms with Gasteiger partial charge in [0, 0.05) is 18.8 Å². The predicted molar refractivity (Wildman–Crippen MR) is 119 cm³/mol. The summed E-state index contributed by atoms with van der Waals surface area (Å²) in [5.74, 6) is 0.0695. The van der Waals surface area contributed by atoms with Crippen molar-refractivity contribution in [3.63, 3.8) is 0 Å². The van der Waals surface area contributed by atoms with E-state index in [4.69, 9.17) is 20.0 Å². The molecule has 1 aliphatic rings. The monoisotopic (exact) mass is 462 g/mol. The van der Waals surface area contributed by atoms with E-state index in [2.05, 4.69) is 10.5 Å². The molecule has 2 aromatic carbocycles. The zero-order chi connectivity index (χ0) is 23.1. The maximum absolute atomic E-state index is 13.0. The van der Waals surface area contributed by atoms with Gasteiger partial charge in [0.25, 0.3) is 5.91 Å². The topological polar surface area (TPSA) is 133 Å². The number of amides is 1. The first-order chi connectivity index (χ1) is 15.3. The number of methoxy groups -OCH3 is 1. The molecular weight excluding hydrogens is 436 g/mol. The van der Waals surface area contributed by atoms with Gasteiger partial charge in [-0.25, -0.2) is 8.42 Å². The molecule has 3 rings (SSSR count). The van der Waals surface area contributed by atoms with Gasteiger partial charge in [0.05, 0.1) is 30.8 Å². The third-order valence-electron chi connectivity index (χ3n) is 4.80. The normalized spacial score (nSPS) is 15.2. The van der Waals surface area contributed by atoms with Crippen molar-refractivity contribution in [1.29, 1.82) is 0 Å². The maximum atomic E-state index is 13.0. The van der Waals surface area contributed by atoms with Crippen LogP contribution in [0.25, 0.3) is 0 Å². The van der Waals surface area contributed by atoms with Gasteiger partial charge in [-0.2, -0.15) is 4.31 Å². The smallest absolute Gasteiger partial charge is 0.265 e. The Labute approximate surface area is 187 Å². The third-order valence-corrected chi connectivity index (χ3v) is 6.84. The van der Waals surface area contributed by atoms with Crippen LogP contribution in [0.4, 0.5) is 5.69 Å². The van der Waals surface area contributed by atoms with E-state index in [9.17, 15) is 13.2 Å². The highest BCUT2D eigenvalue weighted by molar-refractivity contribution is 7.89. The number of oxime groups is 1. The average molecular weight is 463 g/mol. The van der Waals surface area contributed by atoms with E-state index in [0.29, 0.717) is 35.8 Å². The van der Waals surface area contributed by atoms with Crippen molar-refractivity contribution < 1.29 is 27.5 Å². The number of morpholine rings is 1. The molecule has 2 aromatic rings. The first kappa shape index (κ1) is 23.5. The minimum atomic E-state index is -3.70. The molecule has 1 saturated heterocycles. The summed E-state index contributed by atoms with van der Waals surface area (Å²) in [6.07, 6.45) is 0. The summed E-state index contributed by atoms with van der Waals surface area (Å²) >= 11 is 0. The van der Waals surface area contributed by atoms with Crippen LogP contribution in [0.1, 0.15) is 11.1 Å². The lowest BCUT2D eigenvalue weighted by Crippen LogP contribution is -2.40. The highest BCUT2D eigenvalue weighted by Crippen LogP contribution is 2.24. The number of hydrogen-bond donors (Lipinski definition) is 2. The Bertz CT molecular complexity index is 1100. The Kier molecular flexibility index (Phi) is 7.67. The largest absolute Gasteiger partial charge is 0.496 e. The lowest BCUT2D eigenvalue weighted by Gasteiger charge is -2.26. The van der Waals surface area contributed by atoms with Gasteiger partial charge in [-0.3, -0.25) is 4.79 Å². The zero-order valence-corrected chi connectivity index (χ0v) is 18.7. The van der Waals surface area contributed by atoms with Crippen LogP contribution < -0.4 is 15.8 Å². The molecule has 0 bridgehead atoms. The van der Waals surface area contributed by atoms with Gasteiger partial charge < -0.3 is 25.4 Å². The molecule has 1 amide bonds. The number of rotatable bonds is 8. The molecule has 0 saturated carbocycles. The number of nitrogens with one attached hydrogen (secondary N) is 1. The third kappa shape index (κ3) is 5.55. The van der Waals surface area contributed by atoms with Crippen LogP contribution in [-0.4, -0.2) is 64.5 Å². The summed E-state index contributed by atoms with van der Waals surface area (Å²) in [5.41, 5.74) is 7.35. The first-order valence-corrected chi connectivity index (χ1v) is 11.3. The minimum absolute atomic E-state index is 0.0597. The van der Waals surface area contributed by atoms with E-state index in [1.54, 1.807) is 43.3 Å². The Balaban J connectivity index is 1.65. The molecule has 0 aliphatic carbocycles. The second-order valence-electron chi connectivity index (χ2n) is 7.00. The summed E-state index contributed by atoms with van der Waals surface area (Å²) in [4.78, 5) is 17.4. The summed E-state index contributed by atoms with van der Waals surface area (Å²) in [6, 6.07) is 11.7. The molecule has 0 atom stereocenters. The fraction of sp³-hybridized carbons (Fsp3) is 0.333. The Morgan fingerprint density at radius 3 is 2.66 bits per heavy atom. The number of anilines is 1. The van der Waals surface area contributed by atoms with Crippen LogP contribution in [0.2, 0.25) is 0 Å². The lowest BCUT2D eigenvalue weighted by atomic mass is 10.2. The number of carbonyl (C=O) groups is 1. The van der Waals surface area contributed by atoms with Crippen molar-refractivity contribution in [2.75, 3.05) is 45.3 Å². The fourth-order valence-electron chi connectivity index (χ4n) is 3.14. The van der Waals surface area contributed by atoms with E-state index < -0.39 is 22.5 Å². The van der Waals surface area contributed by atoms with E-state index >= 15 is 0 Å². The molecule has 0 spiro atoms. The number of nitrogens with two attached hydrogens (primary N) is 1. The Hall–Kier alpha value is -3.15. The molecule has 32 heavy (non-hydrogen) atoms. The number of hydrogen-bond acceptors (Lipinski definition) is 7. The number of carbonyl (C=O) groups excluding carboxylic acids is 1. The van der Waals surface area contributed by atoms with E-state index in [1.165, 1.54) is 17.5 Å². The molecule has 1 aliphatic heterocycles. The number of amidine groups is 1. The molecule has 172 valence electrons. The molecular formula is C21H26N4O6S. The van der Waals surface area contributed by atoms with Crippen molar-refractivity contribution in [3.05, 3.63) is 53.6 Å². The van der Waals surface area contributed by atoms with Gasteiger partial charge in [0.2, 0.25) is 10.0 Å². The summed E-state index contributed by atoms with van der Waals surface area (Å²) in [7, 11) is -2.19. The van der Waals surface area contributed by atoms with Crippen LogP contribution in [0, 0.1) is 6.92 Å². The van der Waals surface area contributed by atoms with Crippen molar-refractivity contribution in [2.45, 2.75) is 11.8 Å². The van der Waals surface area contributed by atoms with Crippen LogP contribution >= 0.6 is 0 Å². The van der Waals surface area contributed by atoms with Gasteiger partial charge in [-0.1, -0.05) is 23.4 Å². The molecule has 1 fully saturated rings. The van der Waals surface area contributed by atoms with Gasteiger partial charge in [-0.05, 0) is 36.8 Å².